The molecule has 0 aliphatic rings. The molecule has 0 aliphatic heterocycles. The highest BCUT2D eigenvalue weighted by molar-refractivity contribution is 8.76. The second-order valence-corrected chi connectivity index (χ2v) is 10.7. The number of ether oxygens (including phenoxy) is 2. The Morgan fingerprint density at radius 2 is 1.83 bits per heavy atom. The van der Waals surface area contributed by atoms with Gasteiger partial charge in [-0.2, -0.15) is 5.26 Å². The fourth-order valence-corrected chi connectivity index (χ4v) is 5.18. The van der Waals surface area contributed by atoms with Crippen LogP contribution >= 0.6 is 45.6 Å². The van der Waals surface area contributed by atoms with E-state index in [0.717, 1.165) is 11.6 Å². The molecule has 0 bridgehead atoms. The van der Waals surface area contributed by atoms with Crippen LogP contribution in [0.5, 0.6) is 0 Å². The largest absolute Gasteiger partial charge is 0.465 e. The summed E-state index contributed by atoms with van der Waals surface area (Å²) in [4.78, 5) is 22.8. The molecule has 5 nitrogen and oxygen atoms in total. The van der Waals surface area contributed by atoms with Gasteiger partial charge in [-0.25, -0.2) is 4.79 Å². The number of hydrogen-bond donors (Lipinski definition) is 0. The molecule has 0 radical (unpaired) electrons. The van der Waals surface area contributed by atoms with Crippen LogP contribution in [0.2, 0.25) is 0 Å². The minimum absolute atomic E-state index is 0.157. The van der Waals surface area contributed by atoms with E-state index in [4.69, 9.17) is 21.7 Å². The maximum Gasteiger partial charge on any atom is 0.330 e. The number of nitriles is 1. The Morgan fingerprint density at radius 3 is 2.41 bits per heavy atom. The Balaban J connectivity index is 2.21. The first kappa shape index (κ1) is 25.6. The van der Waals surface area contributed by atoms with Gasteiger partial charge in [0, 0.05) is 24.0 Å². The van der Waals surface area contributed by atoms with Crippen LogP contribution in [-0.4, -0.2) is 45.6 Å². The molecule has 0 aliphatic carbocycles. The van der Waals surface area contributed by atoms with Gasteiger partial charge in [0.15, 0.2) is 0 Å². The van der Waals surface area contributed by atoms with Gasteiger partial charge >= 0.3 is 11.9 Å². The third kappa shape index (κ3) is 11.3. The lowest BCUT2D eigenvalue weighted by atomic mass is 10.1. The second-order valence-electron chi connectivity index (χ2n) is 5.83. The average Bonchev–Trinajstić information content (AvgIpc) is 2.74. The molecule has 0 N–H and O–H groups in total. The minimum Gasteiger partial charge on any atom is -0.465 e. The van der Waals surface area contributed by atoms with Crippen LogP contribution in [-0.2, 0) is 19.1 Å². The van der Waals surface area contributed by atoms with Crippen LogP contribution in [0, 0.1) is 11.3 Å². The molecule has 0 amide bonds. The van der Waals surface area contributed by atoms with Crippen LogP contribution in [0.15, 0.2) is 43.0 Å². The van der Waals surface area contributed by atoms with Crippen molar-refractivity contribution in [3.8, 4) is 6.07 Å². The van der Waals surface area contributed by atoms with Gasteiger partial charge in [-0.3, -0.25) is 4.79 Å². The van der Waals surface area contributed by atoms with Crippen molar-refractivity contribution >= 4 is 61.7 Å². The van der Waals surface area contributed by atoms with Crippen molar-refractivity contribution in [1.82, 2.24) is 0 Å². The first-order valence-electron chi connectivity index (χ1n) is 8.79. The number of nitrogens with zero attached hydrogens (tertiary/aromatic N) is 1. The van der Waals surface area contributed by atoms with Crippen molar-refractivity contribution in [2.75, 3.05) is 24.7 Å². The van der Waals surface area contributed by atoms with E-state index >= 15 is 0 Å². The predicted octanol–water partition coefficient (Wildman–Crippen LogP) is 4.81. The highest BCUT2D eigenvalue weighted by atomic mass is 33.1. The molecule has 1 rings (SSSR count). The zero-order chi connectivity index (χ0) is 21.5. The van der Waals surface area contributed by atoms with Crippen molar-refractivity contribution in [2.24, 2.45) is 0 Å². The Hall–Kier alpha value is -1.47. The average molecular weight is 470 g/mol. The standard InChI is InChI=1S/C20H23NO4S4/c1-3-17(22)24-11-13-27-28-14-12-25-18(23)9-10-20(2,15-21)29-19(26)16-7-5-4-6-8-16/h3-8H,1,9-14H2,2H3. The Kier molecular flexibility index (Phi) is 12.8. The predicted molar refractivity (Wildman–Crippen MR) is 126 cm³/mol. The van der Waals surface area contributed by atoms with E-state index in [0.29, 0.717) is 35.3 Å². The van der Waals surface area contributed by atoms with Crippen molar-refractivity contribution < 1.29 is 19.1 Å². The summed E-state index contributed by atoms with van der Waals surface area (Å²) in [5, 5.41) is 9.54. The molecule has 1 aromatic rings. The maximum atomic E-state index is 11.9. The van der Waals surface area contributed by atoms with Gasteiger partial charge in [0.2, 0.25) is 0 Å². The summed E-state index contributed by atoms with van der Waals surface area (Å²) >= 11 is 6.72. The zero-order valence-electron chi connectivity index (χ0n) is 16.1. The number of benzene rings is 1. The van der Waals surface area contributed by atoms with Gasteiger partial charge in [-0.15, -0.1) is 0 Å². The van der Waals surface area contributed by atoms with E-state index in [1.807, 2.05) is 30.3 Å². The molecule has 0 spiro atoms. The molecule has 0 saturated carbocycles. The number of esters is 2. The molecule has 0 aromatic heterocycles. The van der Waals surface area contributed by atoms with Gasteiger partial charge in [0.05, 0.1) is 10.3 Å². The highest BCUT2D eigenvalue weighted by Gasteiger charge is 2.28. The molecule has 0 fully saturated rings. The van der Waals surface area contributed by atoms with E-state index in [1.54, 1.807) is 6.92 Å². The van der Waals surface area contributed by atoms with E-state index in [-0.39, 0.29) is 12.4 Å². The van der Waals surface area contributed by atoms with Gasteiger partial charge in [0.25, 0.3) is 0 Å². The van der Waals surface area contributed by atoms with Crippen molar-refractivity contribution in [2.45, 2.75) is 24.5 Å². The van der Waals surface area contributed by atoms with Crippen LogP contribution in [0.3, 0.4) is 0 Å². The monoisotopic (exact) mass is 469 g/mol. The first-order valence-corrected chi connectivity index (χ1v) is 12.5. The number of thiocarbonyl (C=S) groups is 1. The van der Waals surface area contributed by atoms with Crippen LogP contribution in [0.1, 0.15) is 25.3 Å². The van der Waals surface area contributed by atoms with Crippen molar-refractivity contribution in [3.05, 3.63) is 48.6 Å². The summed E-state index contributed by atoms with van der Waals surface area (Å²) in [7, 11) is 3.07. The van der Waals surface area contributed by atoms with Crippen LogP contribution in [0.25, 0.3) is 0 Å². The van der Waals surface area contributed by atoms with Gasteiger partial charge < -0.3 is 9.47 Å². The highest BCUT2D eigenvalue weighted by Crippen LogP contribution is 2.33. The zero-order valence-corrected chi connectivity index (χ0v) is 19.4. The van der Waals surface area contributed by atoms with Gasteiger partial charge in [0.1, 0.15) is 18.0 Å². The molecule has 1 aromatic carbocycles. The van der Waals surface area contributed by atoms with E-state index in [1.165, 1.54) is 33.3 Å². The summed E-state index contributed by atoms with van der Waals surface area (Å²) in [5.74, 6) is 0.519. The summed E-state index contributed by atoms with van der Waals surface area (Å²) in [6.07, 6.45) is 1.64. The minimum atomic E-state index is -0.792. The molecule has 1 atom stereocenters. The van der Waals surface area contributed by atoms with Gasteiger partial charge in [-0.1, -0.05) is 82.5 Å². The summed E-state index contributed by atoms with van der Waals surface area (Å²) < 4.78 is 9.90. The second kappa shape index (κ2) is 14.5. The number of carbonyl (C=O) groups is 2. The lowest BCUT2D eigenvalue weighted by Gasteiger charge is -2.20. The Morgan fingerprint density at radius 1 is 1.21 bits per heavy atom. The molecule has 0 saturated heterocycles. The maximum absolute atomic E-state index is 11.9. The number of thioether (sulfide) groups is 1. The third-order valence-corrected chi connectivity index (χ3v) is 7.45. The molecule has 29 heavy (non-hydrogen) atoms. The Labute approximate surface area is 189 Å². The van der Waals surface area contributed by atoms with Crippen molar-refractivity contribution in [3.63, 3.8) is 0 Å². The molecule has 156 valence electrons. The quantitative estimate of drug-likeness (QED) is 0.133. The SMILES string of the molecule is C=CC(=O)OCCSSCCOC(=O)CCC(C)(C#N)SC(=S)c1ccccc1. The normalized spacial score (nSPS) is 12.3. The topological polar surface area (TPSA) is 76.4 Å². The van der Waals surface area contributed by atoms with E-state index in [9.17, 15) is 14.9 Å². The summed E-state index contributed by atoms with van der Waals surface area (Å²) in [6.45, 7) is 5.71. The summed E-state index contributed by atoms with van der Waals surface area (Å²) in [5.41, 5.74) is 0.894. The molecular formula is C20H23NO4S4. The fourth-order valence-electron chi connectivity index (χ4n) is 1.92. The number of rotatable bonds is 13. The van der Waals surface area contributed by atoms with Crippen LogP contribution in [0.4, 0.5) is 0 Å². The fraction of sp³-hybridized carbons (Fsp3) is 0.400. The molecule has 0 heterocycles. The lowest BCUT2D eigenvalue weighted by Crippen LogP contribution is -2.22. The number of carbonyl (C=O) groups excluding carboxylic acids is 2. The lowest BCUT2D eigenvalue weighted by molar-refractivity contribution is -0.143. The third-order valence-electron chi connectivity index (χ3n) is 3.46. The molecule has 1 unspecified atom stereocenters. The van der Waals surface area contributed by atoms with Gasteiger partial charge in [-0.05, 0) is 18.9 Å². The smallest absolute Gasteiger partial charge is 0.330 e. The first-order chi connectivity index (χ1) is 13.9. The van der Waals surface area contributed by atoms with Crippen molar-refractivity contribution in [1.29, 1.82) is 5.26 Å². The molecular weight excluding hydrogens is 446 g/mol. The molecule has 9 heteroatoms. The van der Waals surface area contributed by atoms with E-state index in [2.05, 4.69) is 12.6 Å². The van der Waals surface area contributed by atoms with Crippen LogP contribution < -0.4 is 0 Å². The number of hydrogen-bond acceptors (Lipinski definition) is 9. The van der Waals surface area contributed by atoms with E-state index < -0.39 is 10.7 Å². The summed E-state index contributed by atoms with van der Waals surface area (Å²) in [6, 6.07) is 11.8. The Bertz CT molecular complexity index is 736.